The fraction of sp³-hybridized carbons (Fsp3) is 0.533. The maximum Gasteiger partial charge on any atom is 0.223 e. The zero-order valence-electron chi connectivity index (χ0n) is 10.9. The number of amides is 1. The van der Waals surface area contributed by atoms with Crippen molar-refractivity contribution in [3.63, 3.8) is 0 Å². The van der Waals surface area contributed by atoms with Crippen molar-refractivity contribution in [3.8, 4) is 0 Å². The summed E-state index contributed by atoms with van der Waals surface area (Å²) in [6.07, 6.45) is 2.61. The summed E-state index contributed by atoms with van der Waals surface area (Å²) in [5, 5.41) is 3.39. The van der Waals surface area contributed by atoms with Gasteiger partial charge in [-0.15, -0.1) is 0 Å². The molecule has 1 aromatic carbocycles. The Bertz CT molecular complexity index is 477. The minimum Gasteiger partial charge on any atom is -0.335 e. The van der Waals surface area contributed by atoms with Crippen LogP contribution >= 0.6 is 0 Å². The first kappa shape index (κ1) is 12.6. The molecule has 2 unspecified atom stereocenters. The van der Waals surface area contributed by atoms with Crippen molar-refractivity contribution in [2.75, 3.05) is 13.1 Å². The van der Waals surface area contributed by atoms with Gasteiger partial charge in [-0.25, -0.2) is 4.39 Å². The highest BCUT2D eigenvalue weighted by atomic mass is 19.1. The number of halogens is 1. The molecule has 2 aliphatic heterocycles. The summed E-state index contributed by atoms with van der Waals surface area (Å²) < 4.78 is 13.2. The van der Waals surface area contributed by atoms with Crippen LogP contribution in [0.1, 0.15) is 24.8 Å². The van der Waals surface area contributed by atoms with Crippen LogP contribution in [0, 0.1) is 11.7 Å². The number of carbonyl (C=O) groups excluding carboxylic acids is 1. The van der Waals surface area contributed by atoms with Crippen molar-refractivity contribution in [1.29, 1.82) is 0 Å². The van der Waals surface area contributed by atoms with Crippen molar-refractivity contribution in [1.82, 2.24) is 10.2 Å². The van der Waals surface area contributed by atoms with Crippen LogP contribution in [0.3, 0.4) is 0 Å². The second-order valence-corrected chi connectivity index (χ2v) is 5.51. The van der Waals surface area contributed by atoms with Crippen LogP contribution in [-0.4, -0.2) is 29.9 Å². The second-order valence-electron chi connectivity index (χ2n) is 5.51. The first-order valence-electron chi connectivity index (χ1n) is 6.98. The molecule has 2 aliphatic rings. The SMILES string of the molecule is O=C1CCC2CNCCC2N1Cc1cccc(F)c1. The van der Waals surface area contributed by atoms with Crippen molar-refractivity contribution in [3.05, 3.63) is 35.6 Å². The lowest BCUT2D eigenvalue weighted by molar-refractivity contribution is -0.140. The normalized spacial score (nSPS) is 27.2. The maximum atomic E-state index is 13.2. The van der Waals surface area contributed by atoms with Gasteiger partial charge in [0.05, 0.1) is 0 Å². The molecule has 0 aliphatic carbocycles. The predicted molar refractivity (Wildman–Crippen MR) is 70.9 cm³/mol. The second kappa shape index (κ2) is 5.29. The molecule has 102 valence electrons. The molecule has 2 saturated heterocycles. The number of fused-ring (bicyclic) bond motifs is 1. The molecular formula is C15H19FN2O. The third-order valence-corrected chi connectivity index (χ3v) is 4.26. The number of hydrogen-bond donors (Lipinski definition) is 1. The maximum absolute atomic E-state index is 13.2. The summed E-state index contributed by atoms with van der Waals surface area (Å²) in [5.74, 6) is 0.538. The number of benzene rings is 1. The van der Waals surface area contributed by atoms with E-state index in [0.29, 0.717) is 24.9 Å². The van der Waals surface area contributed by atoms with Crippen LogP contribution in [-0.2, 0) is 11.3 Å². The average molecular weight is 262 g/mol. The van der Waals surface area contributed by atoms with Gasteiger partial charge in [-0.3, -0.25) is 4.79 Å². The Hall–Kier alpha value is -1.42. The first-order valence-corrected chi connectivity index (χ1v) is 6.98. The van der Waals surface area contributed by atoms with E-state index in [9.17, 15) is 9.18 Å². The Labute approximate surface area is 112 Å². The van der Waals surface area contributed by atoms with Crippen LogP contribution in [0.15, 0.2) is 24.3 Å². The molecule has 0 saturated carbocycles. The molecule has 3 nitrogen and oxygen atoms in total. The Kier molecular flexibility index (Phi) is 3.51. The third-order valence-electron chi connectivity index (χ3n) is 4.26. The molecule has 2 heterocycles. The quantitative estimate of drug-likeness (QED) is 0.883. The van der Waals surface area contributed by atoms with Gasteiger partial charge >= 0.3 is 0 Å². The molecule has 19 heavy (non-hydrogen) atoms. The molecule has 1 N–H and O–H groups in total. The molecule has 3 rings (SSSR count). The summed E-state index contributed by atoms with van der Waals surface area (Å²) in [7, 11) is 0. The smallest absolute Gasteiger partial charge is 0.223 e. The number of rotatable bonds is 2. The fourth-order valence-electron chi connectivity index (χ4n) is 3.29. The molecule has 0 bridgehead atoms. The molecule has 0 aromatic heterocycles. The summed E-state index contributed by atoms with van der Waals surface area (Å²) in [4.78, 5) is 14.1. The summed E-state index contributed by atoms with van der Waals surface area (Å²) in [5.41, 5.74) is 0.882. The average Bonchev–Trinajstić information content (AvgIpc) is 2.42. The van der Waals surface area contributed by atoms with Crippen LogP contribution in [0.5, 0.6) is 0 Å². The standard InChI is InChI=1S/C15H19FN2O/c16-13-3-1-2-11(8-13)10-18-14-6-7-17-9-12(14)4-5-15(18)19/h1-3,8,12,14,17H,4-7,9-10H2. The summed E-state index contributed by atoms with van der Waals surface area (Å²) in [6.45, 7) is 2.50. The zero-order valence-corrected chi connectivity index (χ0v) is 10.9. The first-order chi connectivity index (χ1) is 9.24. The number of hydrogen-bond acceptors (Lipinski definition) is 2. The lowest BCUT2D eigenvalue weighted by Gasteiger charge is -2.44. The van der Waals surface area contributed by atoms with Crippen LogP contribution in [0.4, 0.5) is 4.39 Å². The van der Waals surface area contributed by atoms with E-state index in [1.54, 1.807) is 6.07 Å². The van der Waals surface area contributed by atoms with Crippen molar-refractivity contribution in [2.24, 2.45) is 5.92 Å². The summed E-state index contributed by atoms with van der Waals surface area (Å²) >= 11 is 0. The minimum atomic E-state index is -0.233. The van der Waals surface area contributed by atoms with Crippen molar-refractivity contribution < 1.29 is 9.18 Å². The van der Waals surface area contributed by atoms with Gasteiger partial charge in [-0.2, -0.15) is 0 Å². The van der Waals surface area contributed by atoms with E-state index >= 15 is 0 Å². The number of nitrogens with zero attached hydrogens (tertiary/aromatic N) is 1. The molecule has 0 spiro atoms. The number of likely N-dealkylation sites (tertiary alicyclic amines) is 1. The van der Waals surface area contributed by atoms with E-state index in [0.717, 1.165) is 31.5 Å². The Morgan fingerprint density at radius 2 is 2.26 bits per heavy atom. The van der Waals surface area contributed by atoms with E-state index in [4.69, 9.17) is 0 Å². The Morgan fingerprint density at radius 3 is 3.11 bits per heavy atom. The van der Waals surface area contributed by atoms with Gasteiger partial charge in [0.1, 0.15) is 5.82 Å². The Balaban J connectivity index is 1.78. The largest absolute Gasteiger partial charge is 0.335 e. The van der Waals surface area contributed by atoms with Gasteiger partial charge in [0.2, 0.25) is 5.91 Å². The van der Waals surface area contributed by atoms with Gasteiger partial charge in [-0.1, -0.05) is 12.1 Å². The van der Waals surface area contributed by atoms with E-state index in [1.165, 1.54) is 12.1 Å². The van der Waals surface area contributed by atoms with Gasteiger partial charge < -0.3 is 10.2 Å². The van der Waals surface area contributed by atoms with Crippen molar-refractivity contribution >= 4 is 5.91 Å². The molecule has 2 atom stereocenters. The van der Waals surface area contributed by atoms with Crippen LogP contribution in [0.2, 0.25) is 0 Å². The Morgan fingerprint density at radius 1 is 1.37 bits per heavy atom. The highest BCUT2D eigenvalue weighted by molar-refractivity contribution is 5.77. The molecule has 2 fully saturated rings. The van der Waals surface area contributed by atoms with Gasteiger partial charge in [-0.05, 0) is 49.5 Å². The minimum absolute atomic E-state index is 0.215. The highest BCUT2D eigenvalue weighted by Crippen LogP contribution is 2.29. The predicted octanol–water partition coefficient (Wildman–Crippen LogP) is 1.93. The van der Waals surface area contributed by atoms with E-state index in [2.05, 4.69) is 5.32 Å². The number of carbonyl (C=O) groups is 1. The van der Waals surface area contributed by atoms with Gasteiger partial charge in [0.25, 0.3) is 0 Å². The van der Waals surface area contributed by atoms with E-state index < -0.39 is 0 Å². The topological polar surface area (TPSA) is 32.3 Å². The third kappa shape index (κ3) is 2.63. The molecule has 1 aromatic rings. The molecule has 4 heteroatoms. The van der Waals surface area contributed by atoms with Crippen LogP contribution < -0.4 is 5.32 Å². The van der Waals surface area contributed by atoms with Gasteiger partial charge in [0.15, 0.2) is 0 Å². The van der Waals surface area contributed by atoms with Crippen molar-refractivity contribution in [2.45, 2.75) is 31.8 Å². The zero-order chi connectivity index (χ0) is 13.2. The van der Waals surface area contributed by atoms with Crippen LogP contribution in [0.25, 0.3) is 0 Å². The van der Waals surface area contributed by atoms with E-state index in [1.807, 2.05) is 11.0 Å². The molecule has 1 amide bonds. The lowest BCUT2D eigenvalue weighted by Crippen LogP contribution is -2.54. The summed E-state index contributed by atoms with van der Waals surface area (Å²) in [6, 6.07) is 6.89. The molecular weight excluding hydrogens is 243 g/mol. The van der Waals surface area contributed by atoms with E-state index in [-0.39, 0.29) is 11.7 Å². The number of nitrogens with one attached hydrogen (secondary N) is 1. The highest BCUT2D eigenvalue weighted by Gasteiger charge is 2.36. The fourth-order valence-corrected chi connectivity index (χ4v) is 3.29. The van der Waals surface area contributed by atoms with Gasteiger partial charge in [0, 0.05) is 19.0 Å². The molecule has 0 radical (unpaired) electrons. The number of piperidine rings is 2. The lowest BCUT2D eigenvalue weighted by atomic mass is 9.84. The monoisotopic (exact) mass is 262 g/mol.